The highest BCUT2D eigenvalue weighted by Gasteiger charge is 2.40. The van der Waals surface area contributed by atoms with Gasteiger partial charge in [-0.1, -0.05) is 11.3 Å². The van der Waals surface area contributed by atoms with E-state index in [4.69, 9.17) is 0 Å². The summed E-state index contributed by atoms with van der Waals surface area (Å²) in [6.45, 7) is 0.333. The number of alkyl halides is 3. The summed E-state index contributed by atoms with van der Waals surface area (Å²) in [5, 5.41) is 8.10. The van der Waals surface area contributed by atoms with Crippen LogP contribution in [0.15, 0.2) is 55.2 Å². The normalized spacial score (nSPS) is 16.3. The quantitative estimate of drug-likeness (QED) is 0.408. The lowest BCUT2D eigenvalue weighted by atomic mass is 10.1. The maximum Gasteiger partial charge on any atom is 0.406 e. The third-order valence-corrected chi connectivity index (χ3v) is 5.79. The monoisotopic (exact) mass is 485 g/mol. The predicted octanol–water partition coefficient (Wildman–Crippen LogP) is 4.06. The van der Waals surface area contributed by atoms with E-state index in [9.17, 15) is 22.4 Å². The maximum atomic E-state index is 14.4. The molecular weight excluding hydrogens is 466 g/mol. The molecule has 0 saturated heterocycles. The van der Waals surface area contributed by atoms with Gasteiger partial charge >= 0.3 is 6.18 Å². The molecule has 8 nitrogen and oxygen atoms in total. The predicted molar refractivity (Wildman–Crippen MR) is 117 cm³/mol. The Kier molecular flexibility index (Phi) is 5.58. The Morgan fingerprint density at radius 2 is 1.94 bits per heavy atom. The zero-order chi connectivity index (χ0) is 24.7. The van der Waals surface area contributed by atoms with Crippen LogP contribution in [0.25, 0.3) is 17.1 Å². The van der Waals surface area contributed by atoms with Crippen molar-refractivity contribution in [1.82, 2.24) is 29.5 Å². The smallest absolute Gasteiger partial charge is 0.301 e. The largest absolute Gasteiger partial charge is 0.406 e. The fourth-order valence-corrected chi connectivity index (χ4v) is 4.14. The van der Waals surface area contributed by atoms with Crippen LogP contribution in [0.1, 0.15) is 23.7 Å². The Balaban J connectivity index is 1.44. The number of aromatic nitrogens is 6. The number of rotatable bonds is 4. The van der Waals surface area contributed by atoms with Crippen molar-refractivity contribution in [2.75, 3.05) is 11.4 Å². The molecule has 0 radical (unpaired) electrons. The van der Waals surface area contributed by atoms with E-state index in [-0.39, 0.29) is 24.1 Å². The first kappa shape index (κ1) is 22.7. The van der Waals surface area contributed by atoms with Crippen molar-refractivity contribution in [2.45, 2.75) is 32.0 Å². The van der Waals surface area contributed by atoms with Gasteiger partial charge in [-0.2, -0.15) is 13.2 Å². The molecule has 35 heavy (non-hydrogen) atoms. The molecule has 1 aliphatic rings. The van der Waals surface area contributed by atoms with Crippen LogP contribution in [0.4, 0.5) is 23.2 Å². The lowest BCUT2D eigenvalue weighted by molar-refractivity contribution is -0.134. The minimum absolute atomic E-state index is 0.0705. The van der Waals surface area contributed by atoms with Crippen LogP contribution in [0.2, 0.25) is 0 Å². The zero-order valence-corrected chi connectivity index (χ0v) is 18.4. The fraction of sp³-hybridized carbons (Fsp3) is 0.261. The molecule has 4 aromatic rings. The van der Waals surface area contributed by atoms with Crippen LogP contribution in [0.3, 0.4) is 0 Å². The van der Waals surface area contributed by atoms with E-state index in [2.05, 4.69) is 20.3 Å². The fourth-order valence-electron chi connectivity index (χ4n) is 4.14. The first-order valence-electron chi connectivity index (χ1n) is 10.7. The molecule has 1 unspecified atom stereocenters. The summed E-state index contributed by atoms with van der Waals surface area (Å²) in [5.41, 5.74) is 1.84. The van der Waals surface area contributed by atoms with E-state index < -0.39 is 30.5 Å². The molecule has 180 valence electrons. The van der Waals surface area contributed by atoms with Gasteiger partial charge in [0.2, 0.25) is 0 Å². The molecule has 0 fully saturated rings. The summed E-state index contributed by atoms with van der Waals surface area (Å²) in [6, 6.07) is 6.24. The van der Waals surface area contributed by atoms with Gasteiger partial charge in [0.05, 0.1) is 17.6 Å². The molecule has 1 atom stereocenters. The second kappa shape index (κ2) is 8.60. The zero-order valence-electron chi connectivity index (χ0n) is 18.4. The topological polar surface area (TPSA) is 81.7 Å². The number of anilines is 1. The molecule has 1 aliphatic heterocycles. The average Bonchev–Trinajstić information content (AvgIpc) is 3.45. The van der Waals surface area contributed by atoms with Gasteiger partial charge < -0.3 is 4.90 Å². The summed E-state index contributed by atoms with van der Waals surface area (Å²) in [7, 11) is 0. The lowest BCUT2D eigenvalue weighted by Crippen LogP contribution is -2.42. The molecule has 0 aliphatic carbocycles. The first-order chi connectivity index (χ1) is 16.7. The molecule has 5 rings (SSSR count). The maximum absolute atomic E-state index is 14.4. The van der Waals surface area contributed by atoms with Gasteiger partial charge in [0.15, 0.2) is 0 Å². The van der Waals surface area contributed by atoms with E-state index in [1.165, 1.54) is 29.1 Å². The Labute approximate surface area is 196 Å². The molecule has 0 N–H and O–H groups in total. The number of halogens is 4. The standard InChI is InChI=1S/C23H19F4N7O/c1-14-10-32(13-29-14)21-8-5-15(9-28-21)18-11-34(31-30-18)20-7-6-16-17(24)3-2-4-19(16)33(22(20)35)12-23(25,26)27/h2-5,8-11,13,20H,6-7,12H2,1H3. The number of amides is 1. The second-order valence-electron chi connectivity index (χ2n) is 8.24. The van der Waals surface area contributed by atoms with Crippen LogP contribution < -0.4 is 4.90 Å². The number of hydrogen-bond donors (Lipinski definition) is 0. The molecule has 3 aromatic heterocycles. The van der Waals surface area contributed by atoms with Gasteiger partial charge in [-0.25, -0.2) is 19.0 Å². The van der Waals surface area contributed by atoms with Gasteiger partial charge in [-0.15, -0.1) is 5.10 Å². The van der Waals surface area contributed by atoms with Crippen molar-refractivity contribution in [2.24, 2.45) is 0 Å². The van der Waals surface area contributed by atoms with Gasteiger partial charge in [0, 0.05) is 23.5 Å². The molecular formula is C23H19F4N7O. The highest BCUT2D eigenvalue weighted by molar-refractivity contribution is 5.97. The molecule has 0 saturated carbocycles. The molecule has 0 spiro atoms. The summed E-state index contributed by atoms with van der Waals surface area (Å²) >= 11 is 0. The molecule has 0 bridgehead atoms. The highest BCUT2D eigenvalue weighted by Crippen LogP contribution is 2.35. The number of pyridine rings is 1. The van der Waals surface area contributed by atoms with E-state index in [1.54, 1.807) is 29.2 Å². The van der Waals surface area contributed by atoms with Crippen LogP contribution in [-0.2, 0) is 11.2 Å². The van der Waals surface area contributed by atoms with Crippen LogP contribution in [0.5, 0.6) is 0 Å². The van der Waals surface area contributed by atoms with Gasteiger partial charge in [0.1, 0.15) is 36.2 Å². The van der Waals surface area contributed by atoms with Gasteiger partial charge in [0.25, 0.3) is 5.91 Å². The average molecular weight is 485 g/mol. The summed E-state index contributed by atoms with van der Waals surface area (Å²) < 4.78 is 57.4. The number of nitrogens with zero attached hydrogens (tertiary/aromatic N) is 7. The summed E-state index contributed by atoms with van der Waals surface area (Å²) in [6.07, 6.45) is 2.00. The molecule has 4 heterocycles. The van der Waals surface area contributed by atoms with Crippen molar-refractivity contribution < 1.29 is 22.4 Å². The SMILES string of the molecule is Cc1cn(-c2ccc(-c3cn(C4CCc5c(F)cccc5N(CC(F)(F)F)C4=O)nn3)cn2)cn1. The number of aryl methyl sites for hydroxylation is 1. The number of carbonyl (C=O) groups is 1. The van der Waals surface area contributed by atoms with E-state index in [0.29, 0.717) is 22.0 Å². The molecule has 1 amide bonds. The Bertz CT molecular complexity index is 1380. The first-order valence-corrected chi connectivity index (χ1v) is 10.7. The second-order valence-corrected chi connectivity index (χ2v) is 8.24. The van der Waals surface area contributed by atoms with E-state index >= 15 is 0 Å². The van der Waals surface area contributed by atoms with Crippen molar-refractivity contribution in [3.63, 3.8) is 0 Å². The number of carbonyl (C=O) groups excluding carboxylic acids is 1. The number of imidazole rings is 1. The number of benzene rings is 1. The lowest BCUT2D eigenvalue weighted by Gasteiger charge is -2.26. The van der Waals surface area contributed by atoms with E-state index in [0.717, 1.165) is 5.69 Å². The van der Waals surface area contributed by atoms with Crippen LogP contribution in [-0.4, -0.2) is 48.2 Å². The van der Waals surface area contributed by atoms with E-state index in [1.807, 2.05) is 13.1 Å². The van der Waals surface area contributed by atoms with Crippen LogP contribution >= 0.6 is 0 Å². The number of hydrogen-bond acceptors (Lipinski definition) is 5. The Morgan fingerprint density at radius 3 is 2.63 bits per heavy atom. The Hall–Kier alpha value is -4.09. The van der Waals surface area contributed by atoms with Crippen molar-refractivity contribution >= 4 is 11.6 Å². The van der Waals surface area contributed by atoms with Crippen LogP contribution in [0, 0.1) is 12.7 Å². The molecule has 1 aromatic carbocycles. The third kappa shape index (κ3) is 4.51. The minimum Gasteiger partial charge on any atom is -0.301 e. The minimum atomic E-state index is -4.66. The van der Waals surface area contributed by atoms with Crippen molar-refractivity contribution in [3.05, 3.63) is 72.3 Å². The summed E-state index contributed by atoms with van der Waals surface area (Å²) in [4.78, 5) is 22.4. The third-order valence-electron chi connectivity index (χ3n) is 5.79. The van der Waals surface area contributed by atoms with Crippen molar-refractivity contribution in [3.8, 4) is 17.1 Å². The number of fused-ring (bicyclic) bond motifs is 1. The summed E-state index contributed by atoms with van der Waals surface area (Å²) in [5.74, 6) is -0.836. The highest BCUT2D eigenvalue weighted by atomic mass is 19.4. The molecule has 12 heteroatoms. The van der Waals surface area contributed by atoms with Gasteiger partial charge in [-0.3, -0.25) is 9.36 Å². The van der Waals surface area contributed by atoms with Gasteiger partial charge in [-0.05, 0) is 44.0 Å². The Morgan fingerprint density at radius 1 is 1.11 bits per heavy atom. The van der Waals surface area contributed by atoms with Crippen molar-refractivity contribution in [1.29, 1.82) is 0 Å².